The molecule has 4 aromatic carbocycles. The van der Waals surface area contributed by atoms with Crippen molar-refractivity contribution in [2.45, 2.75) is 0 Å². The van der Waals surface area contributed by atoms with Gasteiger partial charge >= 0.3 is 0 Å². The van der Waals surface area contributed by atoms with Crippen LogP contribution >= 0.6 is 11.3 Å². The van der Waals surface area contributed by atoms with E-state index in [2.05, 4.69) is 84.9 Å². The van der Waals surface area contributed by atoms with Crippen molar-refractivity contribution in [2.75, 3.05) is 0 Å². The van der Waals surface area contributed by atoms with Crippen LogP contribution in [0.2, 0.25) is 0 Å². The average Bonchev–Trinajstić information content (AvgIpc) is 3.03. The van der Waals surface area contributed by atoms with Gasteiger partial charge in [-0.05, 0) is 62.8 Å². The van der Waals surface area contributed by atoms with Gasteiger partial charge in [-0.1, -0.05) is 54.6 Å². The Hall–Kier alpha value is -2.64. The molecular weight excluding hydrogens is 296 g/mol. The molecule has 0 fully saturated rings. The zero-order valence-corrected chi connectivity index (χ0v) is 13.3. The minimum Gasteiger partial charge on any atom is -0.135 e. The van der Waals surface area contributed by atoms with Crippen molar-refractivity contribution in [3.63, 3.8) is 0 Å². The minimum atomic E-state index is 1.30. The molecule has 0 unspecified atom stereocenters. The van der Waals surface area contributed by atoms with Gasteiger partial charge in [-0.15, -0.1) is 11.3 Å². The summed E-state index contributed by atoms with van der Waals surface area (Å²) in [5, 5.41) is 6.53. The maximum atomic E-state index is 2.31. The molecule has 0 aliphatic rings. The monoisotopic (exact) mass is 310 g/mol. The van der Waals surface area contributed by atoms with Crippen LogP contribution in [0.15, 0.2) is 84.9 Å². The summed E-state index contributed by atoms with van der Waals surface area (Å²) in [6.45, 7) is 0. The second kappa shape index (κ2) is 4.94. The van der Waals surface area contributed by atoms with Gasteiger partial charge in [0.05, 0.1) is 0 Å². The molecule has 0 spiro atoms. The van der Waals surface area contributed by atoms with Gasteiger partial charge in [0.1, 0.15) is 0 Å². The Labute approximate surface area is 138 Å². The molecule has 5 rings (SSSR count). The fraction of sp³-hybridized carbons (Fsp3) is 0. The van der Waals surface area contributed by atoms with Crippen molar-refractivity contribution in [2.24, 2.45) is 0 Å². The Bertz CT molecular complexity index is 1130. The van der Waals surface area contributed by atoms with Crippen LogP contribution in [-0.2, 0) is 0 Å². The summed E-state index contributed by atoms with van der Waals surface area (Å²) in [6.07, 6.45) is 0. The topological polar surface area (TPSA) is 0 Å². The first-order valence-electron chi connectivity index (χ1n) is 7.78. The Kier molecular flexibility index (Phi) is 2.76. The SMILES string of the molecule is c1ccc2cc3cc(-c4cc5ccccc5s4)ccc3cc2c1. The van der Waals surface area contributed by atoms with E-state index in [4.69, 9.17) is 0 Å². The van der Waals surface area contributed by atoms with Gasteiger partial charge in [0.15, 0.2) is 0 Å². The zero-order chi connectivity index (χ0) is 15.2. The second-order valence-electron chi connectivity index (χ2n) is 5.91. The molecule has 1 heterocycles. The molecule has 0 amide bonds. The third kappa shape index (κ3) is 2.13. The van der Waals surface area contributed by atoms with Crippen LogP contribution in [-0.4, -0.2) is 0 Å². The summed E-state index contributed by atoms with van der Waals surface area (Å²) >= 11 is 1.86. The van der Waals surface area contributed by atoms with Gasteiger partial charge in [-0.2, -0.15) is 0 Å². The highest BCUT2D eigenvalue weighted by molar-refractivity contribution is 7.22. The highest BCUT2D eigenvalue weighted by Crippen LogP contribution is 2.35. The van der Waals surface area contributed by atoms with Crippen molar-refractivity contribution in [3.8, 4) is 10.4 Å². The first-order chi connectivity index (χ1) is 11.4. The standard InChI is InChI=1S/C22H14S/c1-2-6-16-12-20-13-19(10-9-17(20)11-15(16)5-1)22-14-18-7-3-4-8-21(18)23-22/h1-14H. The highest BCUT2D eigenvalue weighted by Gasteiger charge is 2.05. The summed E-state index contributed by atoms with van der Waals surface area (Å²) in [4.78, 5) is 1.33. The maximum Gasteiger partial charge on any atom is 0.0355 e. The first kappa shape index (κ1) is 12.9. The number of benzene rings is 4. The first-order valence-corrected chi connectivity index (χ1v) is 8.60. The molecule has 5 aromatic rings. The van der Waals surface area contributed by atoms with E-state index < -0.39 is 0 Å². The van der Waals surface area contributed by atoms with Gasteiger partial charge in [0, 0.05) is 9.58 Å². The lowest BCUT2D eigenvalue weighted by Crippen LogP contribution is -1.78. The number of hydrogen-bond acceptors (Lipinski definition) is 1. The van der Waals surface area contributed by atoms with E-state index in [1.165, 1.54) is 42.1 Å². The Balaban J connectivity index is 1.73. The van der Waals surface area contributed by atoms with E-state index in [0.29, 0.717) is 0 Å². The van der Waals surface area contributed by atoms with Crippen LogP contribution < -0.4 is 0 Å². The molecule has 0 radical (unpaired) electrons. The fourth-order valence-electron chi connectivity index (χ4n) is 3.22. The molecule has 0 nitrogen and oxygen atoms in total. The van der Waals surface area contributed by atoms with Crippen molar-refractivity contribution in [1.82, 2.24) is 0 Å². The van der Waals surface area contributed by atoms with E-state index in [1.807, 2.05) is 11.3 Å². The van der Waals surface area contributed by atoms with Crippen molar-refractivity contribution < 1.29 is 0 Å². The molecule has 0 saturated heterocycles. The molecule has 0 aliphatic carbocycles. The summed E-state index contributed by atoms with van der Waals surface area (Å²) in [7, 11) is 0. The molecule has 1 heteroatoms. The quantitative estimate of drug-likeness (QED) is 0.296. The minimum absolute atomic E-state index is 1.30. The van der Waals surface area contributed by atoms with Crippen LogP contribution in [0, 0.1) is 0 Å². The molecule has 108 valence electrons. The predicted octanol–water partition coefficient (Wildman–Crippen LogP) is 6.87. The van der Waals surface area contributed by atoms with Crippen LogP contribution in [0.3, 0.4) is 0 Å². The van der Waals surface area contributed by atoms with Gasteiger partial charge in [-0.3, -0.25) is 0 Å². The van der Waals surface area contributed by atoms with Crippen LogP contribution in [0.5, 0.6) is 0 Å². The molecule has 0 saturated carbocycles. The summed E-state index contributed by atoms with van der Waals surface area (Å²) < 4.78 is 1.35. The number of hydrogen-bond donors (Lipinski definition) is 0. The molecule has 1 aromatic heterocycles. The van der Waals surface area contributed by atoms with Gasteiger partial charge < -0.3 is 0 Å². The maximum absolute atomic E-state index is 2.31. The van der Waals surface area contributed by atoms with Crippen molar-refractivity contribution in [3.05, 3.63) is 84.9 Å². The van der Waals surface area contributed by atoms with E-state index in [-0.39, 0.29) is 0 Å². The molecule has 23 heavy (non-hydrogen) atoms. The van der Waals surface area contributed by atoms with Gasteiger partial charge in [-0.25, -0.2) is 0 Å². The van der Waals surface area contributed by atoms with Crippen molar-refractivity contribution >= 4 is 43.0 Å². The Morgan fingerprint density at radius 2 is 1.13 bits per heavy atom. The lowest BCUT2D eigenvalue weighted by atomic mass is 10.0. The number of thiophene rings is 1. The van der Waals surface area contributed by atoms with Gasteiger partial charge in [0.2, 0.25) is 0 Å². The highest BCUT2D eigenvalue weighted by atomic mass is 32.1. The molecular formula is C22H14S. The average molecular weight is 310 g/mol. The molecule has 0 bridgehead atoms. The molecule has 0 aliphatic heterocycles. The smallest absolute Gasteiger partial charge is 0.0355 e. The normalized spacial score (nSPS) is 11.5. The zero-order valence-electron chi connectivity index (χ0n) is 12.5. The van der Waals surface area contributed by atoms with Crippen LogP contribution in [0.1, 0.15) is 0 Å². The number of rotatable bonds is 1. The van der Waals surface area contributed by atoms with E-state index in [9.17, 15) is 0 Å². The summed E-state index contributed by atoms with van der Waals surface area (Å²) in [5.41, 5.74) is 1.30. The van der Waals surface area contributed by atoms with Crippen molar-refractivity contribution in [1.29, 1.82) is 0 Å². The summed E-state index contributed by atoms with van der Waals surface area (Å²) in [6, 6.07) is 30.8. The van der Waals surface area contributed by atoms with Crippen LogP contribution in [0.4, 0.5) is 0 Å². The largest absolute Gasteiger partial charge is 0.135 e. The van der Waals surface area contributed by atoms with Crippen LogP contribution in [0.25, 0.3) is 42.1 Å². The second-order valence-corrected chi connectivity index (χ2v) is 6.99. The Morgan fingerprint density at radius 3 is 1.91 bits per heavy atom. The fourth-order valence-corrected chi connectivity index (χ4v) is 4.28. The summed E-state index contributed by atoms with van der Waals surface area (Å²) in [5.74, 6) is 0. The van der Waals surface area contributed by atoms with E-state index in [0.717, 1.165) is 0 Å². The van der Waals surface area contributed by atoms with Gasteiger partial charge in [0.25, 0.3) is 0 Å². The lowest BCUT2D eigenvalue weighted by molar-refractivity contribution is 1.75. The molecule has 0 atom stereocenters. The third-order valence-electron chi connectivity index (χ3n) is 4.41. The molecule has 0 N–H and O–H groups in total. The number of fused-ring (bicyclic) bond motifs is 3. The third-order valence-corrected chi connectivity index (χ3v) is 5.58. The Morgan fingerprint density at radius 1 is 0.478 bits per heavy atom. The van der Waals surface area contributed by atoms with E-state index in [1.54, 1.807) is 0 Å². The predicted molar refractivity (Wildman–Crippen MR) is 102 cm³/mol. The lowest BCUT2D eigenvalue weighted by Gasteiger charge is -2.04. The van der Waals surface area contributed by atoms with E-state index >= 15 is 0 Å².